The van der Waals surface area contributed by atoms with Gasteiger partial charge >= 0.3 is 0 Å². The van der Waals surface area contributed by atoms with Crippen LogP contribution in [0.2, 0.25) is 0 Å². The molecule has 0 aromatic heterocycles. The van der Waals surface area contributed by atoms with Crippen LogP contribution in [-0.2, 0) is 0 Å². The van der Waals surface area contributed by atoms with E-state index in [1.807, 2.05) is 11.8 Å². The summed E-state index contributed by atoms with van der Waals surface area (Å²) in [5.41, 5.74) is 0. The molecule has 2 aliphatic heterocycles. The highest BCUT2D eigenvalue weighted by Crippen LogP contribution is 2.20. The van der Waals surface area contributed by atoms with E-state index in [1.165, 1.54) is 64.2 Å². The maximum absolute atomic E-state index is 4.35. The molecule has 1 atom stereocenters. The number of thioether (sulfide) groups is 1. The van der Waals surface area contributed by atoms with Gasteiger partial charge in [-0.25, -0.2) is 15.0 Å². The predicted octanol–water partition coefficient (Wildman–Crippen LogP) is 4.89. The van der Waals surface area contributed by atoms with Crippen molar-refractivity contribution < 1.29 is 0 Å². The van der Waals surface area contributed by atoms with Crippen LogP contribution in [0, 0.1) is 0 Å². The highest BCUT2D eigenvalue weighted by Gasteiger charge is 2.25. The van der Waals surface area contributed by atoms with Gasteiger partial charge in [0.1, 0.15) is 17.7 Å². The number of rotatable bonds is 11. The van der Waals surface area contributed by atoms with Crippen molar-refractivity contribution in [1.82, 2.24) is 0 Å². The molecule has 0 spiro atoms. The quantitative estimate of drug-likeness (QED) is 0.500. The van der Waals surface area contributed by atoms with Crippen LogP contribution in [0.5, 0.6) is 0 Å². The summed E-state index contributed by atoms with van der Waals surface area (Å²) in [5.74, 6) is 1.92. The first-order valence-electron chi connectivity index (χ1n) is 8.74. The second-order valence-corrected chi connectivity index (χ2v) is 7.01. The fourth-order valence-corrected chi connectivity index (χ4v) is 3.68. The lowest BCUT2D eigenvalue weighted by Gasteiger charge is -2.13. The predicted molar refractivity (Wildman–Crippen MR) is 99.9 cm³/mol. The van der Waals surface area contributed by atoms with Gasteiger partial charge in [-0.05, 0) is 12.2 Å². The first-order valence-corrected chi connectivity index (χ1v) is 9.72. The van der Waals surface area contributed by atoms with E-state index in [9.17, 15) is 0 Å². The molecular formula is C17H28N4S. The smallest absolute Gasteiger partial charge is 0.163 e. The molecule has 0 amide bonds. The lowest BCUT2D eigenvalue weighted by atomic mass is 10.1. The lowest BCUT2D eigenvalue weighted by molar-refractivity contribution is 0.563. The van der Waals surface area contributed by atoms with Gasteiger partial charge in [-0.1, -0.05) is 64.7 Å². The highest BCUT2D eigenvalue weighted by molar-refractivity contribution is 8.14. The Labute approximate surface area is 138 Å². The number of fused-ring (bicyclic) bond motifs is 1. The molecule has 0 radical (unpaired) electrons. The maximum Gasteiger partial charge on any atom is 0.163 e. The minimum atomic E-state index is -0.0156. The number of hydrogen-bond acceptors (Lipinski definition) is 5. The van der Waals surface area contributed by atoms with Crippen molar-refractivity contribution in [1.29, 1.82) is 0 Å². The van der Waals surface area contributed by atoms with Crippen LogP contribution in [0.1, 0.15) is 71.1 Å². The SMILES string of the molecule is CCCCCCCCCCCCSC1=NC=NC2=NC=NC21. The van der Waals surface area contributed by atoms with Crippen LogP contribution in [0.3, 0.4) is 0 Å². The molecule has 0 aromatic rings. The van der Waals surface area contributed by atoms with E-state index in [0.717, 1.165) is 16.6 Å². The Morgan fingerprint density at radius 2 is 1.55 bits per heavy atom. The summed E-state index contributed by atoms with van der Waals surface area (Å²) in [5, 5.41) is 1.05. The molecule has 4 nitrogen and oxygen atoms in total. The third-order valence-corrected chi connectivity index (χ3v) is 5.12. The molecule has 0 fully saturated rings. The number of hydrogen-bond donors (Lipinski definition) is 0. The van der Waals surface area contributed by atoms with Crippen LogP contribution in [0.15, 0.2) is 20.0 Å². The molecule has 0 bridgehead atoms. The summed E-state index contributed by atoms with van der Waals surface area (Å²) < 4.78 is 0. The van der Waals surface area contributed by atoms with Crippen molar-refractivity contribution >= 4 is 35.3 Å². The Bertz CT molecular complexity index is 440. The summed E-state index contributed by atoms with van der Waals surface area (Å²) in [6.45, 7) is 2.27. The summed E-state index contributed by atoms with van der Waals surface area (Å²) in [6, 6.07) is -0.0156. The zero-order chi connectivity index (χ0) is 15.5. The van der Waals surface area contributed by atoms with Gasteiger partial charge in [-0.15, -0.1) is 11.8 Å². The van der Waals surface area contributed by atoms with Crippen molar-refractivity contribution in [3.8, 4) is 0 Å². The summed E-state index contributed by atoms with van der Waals surface area (Å²) >= 11 is 1.82. The van der Waals surface area contributed by atoms with Crippen LogP contribution in [0.4, 0.5) is 0 Å². The second-order valence-electron chi connectivity index (χ2n) is 5.90. The molecule has 0 saturated carbocycles. The zero-order valence-electron chi connectivity index (χ0n) is 13.7. The van der Waals surface area contributed by atoms with Gasteiger partial charge < -0.3 is 0 Å². The Morgan fingerprint density at radius 1 is 0.864 bits per heavy atom. The van der Waals surface area contributed by atoms with E-state index in [0.29, 0.717) is 0 Å². The average Bonchev–Trinajstić information content (AvgIpc) is 3.02. The molecule has 22 heavy (non-hydrogen) atoms. The largest absolute Gasteiger partial charge is 0.255 e. The number of amidine groups is 1. The molecule has 2 rings (SSSR count). The van der Waals surface area contributed by atoms with Gasteiger partial charge in [0.15, 0.2) is 11.9 Å². The minimum absolute atomic E-state index is 0.0156. The monoisotopic (exact) mass is 320 g/mol. The zero-order valence-corrected chi connectivity index (χ0v) is 14.5. The van der Waals surface area contributed by atoms with Gasteiger partial charge in [-0.3, -0.25) is 4.99 Å². The van der Waals surface area contributed by atoms with Crippen LogP contribution < -0.4 is 0 Å². The summed E-state index contributed by atoms with van der Waals surface area (Å²) in [6.07, 6.45) is 17.0. The maximum atomic E-state index is 4.35. The molecule has 2 aliphatic rings. The van der Waals surface area contributed by atoms with Gasteiger partial charge in [0.25, 0.3) is 0 Å². The van der Waals surface area contributed by atoms with Gasteiger partial charge in [-0.2, -0.15) is 0 Å². The standard InChI is InChI=1S/C17H28N4S/c1-2-3-4-5-6-7-8-9-10-11-12-22-17-15-16(19-13-18-15)20-14-21-17/h13-15H,2-12H2,1H3. The lowest BCUT2D eigenvalue weighted by Crippen LogP contribution is -2.25. The van der Waals surface area contributed by atoms with Gasteiger partial charge in [0, 0.05) is 0 Å². The van der Waals surface area contributed by atoms with Crippen molar-refractivity contribution in [2.24, 2.45) is 20.0 Å². The Hall–Kier alpha value is -0.970. The molecule has 122 valence electrons. The molecule has 0 aliphatic carbocycles. The molecule has 1 unspecified atom stereocenters. The first kappa shape index (κ1) is 17.4. The fourth-order valence-electron chi connectivity index (χ4n) is 2.67. The van der Waals surface area contributed by atoms with Crippen LogP contribution in [-0.4, -0.2) is 35.4 Å². The van der Waals surface area contributed by atoms with Gasteiger partial charge in [0.05, 0.1) is 0 Å². The van der Waals surface area contributed by atoms with E-state index in [-0.39, 0.29) is 6.04 Å². The van der Waals surface area contributed by atoms with Crippen molar-refractivity contribution in [3.63, 3.8) is 0 Å². The number of aliphatic imine (C=N–C) groups is 4. The Morgan fingerprint density at radius 3 is 2.27 bits per heavy atom. The Kier molecular flexibility index (Phi) is 8.46. The van der Waals surface area contributed by atoms with E-state index < -0.39 is 0 Å². The van der Waals surface area contributed by atoms with E-state index in [1.54, 1.807) is 12.7 Å². The number of nitrogens with zero attached hydrogens (tertiary/aromatic N) is 4. The minimum Gasteiger partial charge on any atom is -0.255 e. The molecule has 0 aromatic carbocycles. The third kappa shape index (κ3) is 6.03. The van der Waals surface area contributed by atoms with Crippen molar-refractivity contribution in [2.75, 3.05) is 5.75 Å². The van der Waals surface area contributed by atoms with E-state index >= 15 is 0 Å². The fraction of sp³-hybridized carbons (Fsp3) is 0.765. The molecular weight excluding hydrogens is 292 g/mol. The topological polar surface area (TPSA) is 49.4 Å². The first-order chi connectivity index (χ1) is 10.9. The normalized spacial score (nSPS) is 19.2. The highest BCUT2D eigenvalue weighted by atomic mass is 32.2. The summed E-state index contributed by atoms with van der Waals surface area (Å²) in [7, 11) is 0. The number of unbranched alkanes of at least 4 members (excludes halogenated alkanes) is 9. The van der Waals surface area contributed by atoms with Gasteiger partial charge in [0.2, 0.25) is 0 Å². The summed E-state index contributed by atoms with van der Waals surface area (Å²) in [4.78, 5) is 17.0. The van der Waals surface area contributed by atoms with Crippen molar-refractivity contribution in [3.05, 3.63) is 0 Å². The molecule has 0 N–H and O–H groups in total. The van der Waals surface area contributed by atoms with Crippen LogP contribution in [0.25, 0.3) is 0 Å². The molecule has 5 heteroatoms. The molecule has 0 saturated heterocycles. The third-order valence-electron chi connectivity index (χ3n) is 4.01. The molecule has 2 heterocycles. The van der Waals surface area contributed by atoms with Crippen molar-refractivity contribution in [2.45, 2.75) is 77.2 Å². The second kappa shape index (κ2) is 10.7. The van der Waals surface area contributed by atoms with Crippen LogP contribution >= 0.6 is 11.8 Å². The average molecular weight is 321 g/mol. The van der Waals surface area contributed by atoms with E-state index in [4.69, 9.17) is 0 Å². The Balaban J connectivity index is 1.43. The van der Waals surface area contributed by atoms with E-state index in [2.05, 4.69) is 26.9 Å².